The molecule has 2 nitrogen and oxygen atoms in total. The molecule has 94 valence electrons. The Morgan fingerprint density at radius 2 is 2.22 bits per heavy atom. The van der Waals surface area contributed by atoms with Crippen LogP contribution in [0.3, 0.4) is 0 Å². The van der Waals surface area contributed by atoms with E-state index in [0.717, 1.165) is 19.6 Å². The van der Waals surface area contributed by atoms with E-state index < -0.39 is 0 Å². The summed E-state index contributed by atoms with van der Waals surface area (Å²) in [4.78, 5) is 2.46. The maximum Gasteiger partial charge on any atom is 0.0701 e. The second kappa shape index (κ2) is 5.33. The highest BCUT2D eigenvalue weighted by Crippen LogP contribution is 2.30. The second-order valence-electron chi connectivity index (χ2n) is 4.48. The van der Waals surface area contributed by atoms with Crippen molar-refractivity contribution in [2.75, 3.05) is 23.3 Å². The summed E-state index contributed by atoms with van der Waals surface area (Å²) in [7, 11) is 0. The number of anilines is 2. The van der Waals surface area contributed by atoms with Gasteiger partial charge in [0.25, 0.3) is 0 Å². The van der Waals surface area contributed by atoms with Gasteiger partial charge < -0.3 is 10.2 Å². The highest BCUT2D eigenvalue weighted by atomic mass is 79.9. The Kier molecular flexibility index (Phi) is 3.57. The summed E-state index contributed by atoms with van der Waals surface area (Å²) in [6, 6.07) is 10.8. The van der Waals surface area contributed by atoms with Gasteiger partial charge in [0.15, 0.2) is 0 Å². The van der Waals surface area contributed by atoms with Crippen LogP contribution in [0.1, 0.15) is 12.0 Å². The van der Waals surface area contributed by atoms with Crippen LogP contribution in [0.2, 0.25) is 0 Å². The van der Waals surface area contributed by atoms with Crippen LogP contribution in [-0.4, -0.2) is 13.1 Å². The van der Waals surface area contributed by atoms with Crippen molar-refractivity contribution < 1.29 is 0 Å². The van der Waals surface area contributed by atoms with E-state index in [9.17, 15) is 0 Å². The lowest BCUT2D eigenvalue weighted by atomic mass is 10.2. The van der Waals surface area contributed by atoms with Gasteiger partial charge in [-0.25, -0.2) is 0 Å². The molecule has 0 saturated heterocycles. The van der Waals surface area contributed by atoms with Crippen LogP contribution in [0, 0.1) is 0 Å². The number of thiophene rings is 1. The van der Waals surface area contributed by atoms with Gasteiger partial charge in [-0.2, -0.15) is 0 Å². The number of halogens is 1. The monoisotopic (exact) mass is 322 g/mol. The Bertz CT molecular complexity index is 538. The minimum Gasteiger partial charge on any atom is -0.383 e. The van der Waals surface area contributed by atoms with E-state index in [1.807, 2.05) is 0 Å². The van der Waals surface area contributed by atoms with E-state index >= 15 is 0 Å². The van der Waals surface area contributed by atoms with Crippen LogP contribution in [-0.2, 0) is 6.54 Å². The van der Waals surface area contributed by atoms with E-state index in [-0.39, 0.29) is 0 Å². The van der Waals surface area contributed by atoms with Crippen molar-refractivity contribution in [1.29, 1.82) is 0 Å². The maximum atomic E-state index is 3.53. The molecule has 1 aliphatic rings. The standard InChI is InChI=1S/C14H15BrN2S/c15-14-8-11(10-18-14)9-17-7-3-6-16-12-4-1-2-5-13(12)17/h1-2,4-5,8,10,16H,3,6-7,9H2. The first-order valence-corrected chi connectivity index (χ1v) is 7.81. The molecule has 0 fully saturated rings. The molecule has 0 bridgehead atoms. The Hall–Kier alpha value is -1.00. The van der Waals surface area contributed by atoms with Crippen LogP contribution >= 0.6 is 27.3 Å². The van der Waals surface area contributed by atoms with E-state index in [1.165, 1.54) is 27.1 Å². The van der Waals surface area contributed by atoms with Crippen molar-refractivity contribution in [3.8, 4) is 0 Å². The lowest BCUT2D eigenvalue weighted by Crippen LogP contribution is -2.22. The molecule has 0 saturated carbocycles. The smallest absolute Gasteiger partial charge is 0.0701 e. The molecule has 1 aliphatic heterocycles. The van der Waals surface area contributed by atoms with E-state index in [4.69, 9.17) is 0 Å². The predicted octanol–water partition coefficient (Wildman–Crippen LogP) is 4.33. The molecule has 1 aromatic carbocycles. The molecule has 2 aromatic rings. The van der Waals surface area contributed by atoms with Gasteiger partial charge in [0.1, 0.15) is 0 Å². The predicted molar refractivity (Wildman–Crippen MR) is 82.6 cm³/mol. The minimum atomic E-state index is 0.987. The Morgan fingerprint density at radius 1 is 1.33 bits per heavy atom. The Labute approximate surface area is 120 Å². The second-order valence-corrected chi connectivity index (χ2v) is 6.77. The van der Waals surface area contributed by atoms with Gasteiger partial charge in [0.2, 0.25) is 0 Å². The summed E-state index contributed by atoms with van der Waals surface area (Å²) < 4.78 is 1.21. The molecular weight excluding hydrogens is 308 g/mol. The fourth-order valence-electron chi connectivity index (χ4n) is 2.33. The topological polar surface area (TPSA) is 15.3 Å². The number of benzene rings is 1. The fraction of sp³-hybridized carbons (Fsp3) is 0.286. The van der Waals surface area contributed by atoms with Gasteiger partial charge in [0.05, 0.1) is 15.2 Å². The first kappa shape index (κ1) is 12.1. The summed E-state index contributed by atoms with van der Waals surface area (Å²) in [6.07, 6.45) is 1.18. The lowest BCUT2D eigenvalue weighted by molar-refractivity contribution is 0.765. The summed E-state index contributed by atoms with van der Waals surface area (Å²) >= 11 is 5.29. The van der Waals surface area contributed by atoms with Crippen LogP contribution in [0.25, 0.3) is 0 Å². The van der Waals surface area contributed by atoms with E-state index in [2.05, 4.69) is 61.9 Å². The molecule has 0 radical (unpaired) electrons. The Morgan fingerprint density at radius 3 is 3.06 bits per heavy atom. The number of fused-ring (bicyclic) bond motifs is 1. The summed E-state index contributed by atoms with van der Waals surface area (Å²) in [5.41, 5.74) is 3.95. The van der Waals surface area contributed by atoms with Gasteiger partial charge in [-0.1, -0.05) is 12.1 Å². The van der Waals surface area contributed by atoms with Crippen molar-refractivity contribution in [3.63, 3.8) is 0 Å². The molecule has 0 aliphatic carbocycles. The molecule has 0 amide bonds. The number of hydrogen-bond acceptors (Lipinski definition) is 3. The Balaban J connectivity index is 1.87. The van der Waals surface area contributed by atoms with Gasteiger partial charge in [-0.15, -0.1) is 11.3 Å². The molecule has 2 heterocycles. The van der Waals surface area contributed by atoms with Gasteiger partial charge in [-0.3, -0.25) is 0 Å². The first-order valence-electron chi connectivity index (χ1n) is 6.14. The largest absolute Gasteiger partial charge is 0.383 e. The molecular formula is C14H15BrN2S. The van der Waals surface area contributed by atoms with Gasteiger partial charge in [-0.05, 0) is 51.5 Å². The zero-order valence-electron chi connectivity index (χ0n) is 10.0. The van der Waals surface area contributed by atoms with Gasteiger partial charge >= 0.3 is 0 Å². The zero-order valence-corrected chi connectivity index (χ0v) is 12.4. The molecule has 1 aromatic heterocycles. The lowest BCUT2D eigenvalue weighted by Gasteiger charge is -2.23. The molecule has 18 heavy (non-hydrogen) atoms. The average Bonchev–Trinajstić information content (AvgIpc) is 2.68. The summed E-state index contributed by atoms with van der Waals surface area (Å²) in [6.45, 7) is 3.15. The highest BCUT2D eigenvalue weighted by Gasteiger charge is 2.14. The van der Waals surface area contributed by atoms with Crippen LogP contribution in [0.5, 0.6) is 0 Å². The maximum absolute atomic E-state index is 3.53. The first-order chi connectivity index (χ1) is 8.83. The molecule has 0 atom stereocenters. The molecule has 0 unspecified atom stereocenters. The van der Waals surface area contributed by atoms with Crippen molar-refractivity contribution >= 4 is 38.6 Å². The summed E-state index contributed by atoms with van der Waals surface area (Å²) in [5.74, 6) is 0. The number of nitrogens with zero attached hydrogens (tertiary/aromatic N) is 1. The number of para-hydroxylation sites is 2. The number of rotatable bonds is 2. The molecule has 0 spiro atoms. The number of hydrogen-bond donors (Lipinski definition) is 1. The molecule has 1 N–H and O–H groups in total. The van der Waals surface area contributed by atoms with Crippen LogP contribution in [0.15, 0.2) is 39.5 Å². The van der Waals surface area contributed by atoms with Gasteiger partial charge in [0, 0.05) is 19.6 Å². The number of nitrogens with one attached hydrogen (secondary N) is 1. The normalized spacial score (nSPS) is 14.8. The van der Waals surface area contributed by atoms with Crippen LogP contribution < -0.4 is 10.2 Å². The summed E-state index contributed by atoms with van der Waals surface area (Å²) in [5, 5.41) is 5.72. The third kappa shape index (κ3) is 2.54. The van der Waals surface area contributed by atoms with Crippen molar-refractivity contribution in [2.45, 2.75) is 13.0 Å². The SMILES string of the molecule is Brc1cc(CN2CCCNc3ccccc32)cs1. The van der Waals surface area contributed by atoms with E-state index in [1.54, 1.807) is 11.3 Å². The van der Waals surface area contributed by atoms with Crippen molar-refractivity contribution in [1.82, 2.24) is 0 Å². The van der Waals surface area contributed by atoms with Crippen LogP contribution in [0.4, 0.5) is 11.4 Å². The quantitative estimate of drug-likeness (QED) is 0.885. The third-order valence-corrected chi connectivity index (χ3v) is 4.71. The fourth-order valence-corrected chi connectivity index (χ4v) is 3.53. The molecule has 4 heteroatoms. The van der Waals surface area contributed by atoms with Crippen molar-refractivity contribution in [3.05, 3.63) is 45.1 Å². The third-order valence-electron chi connectivity index (χ3n) is 3.16. The van der Waals surface area contributed by atoms with Crippen molar-refractivity contribution in [2.24, 2.45) is 0 Å². The highest BCUT2D eigenvalue weighted by molar-refractivity contribution is 9.11. The van der Waals surface area contributed by atoms with E-state index in [0.29, 0.717) is 0 Å². The average molecular weight is 323 g/mol. The zero-order chi connectivity index (χ0) is 12.4. The molecule has 3 rings (SSSR count). The minimum absolute atomic E-state index is 0.987.